The third-order valence-electron chi connectivity index (χ3n) is 2.92. The quantitative estimate of drug-likeness (QED) is 0.723. The molecule has 0 fully saturated rings. The lowest BCUT2D eigenvalue weighted by atomic mass is 10.2. The first-order valence-corrected chi connectivity index (χ1v) is 8.15. The Morgan fingerprint density at radius 3 is 2.60 bits per heavy atom. The minimum atomic E-state index is -3.42. The van der Waals surface area contributed by atoms with Gasteiger partial charge in [0.2, 0.25) is 10.0 Å². The smallest absolute Gasteiger partial charge is 0.305 e. The van der Waals surface area contributed by atoms with Crippen molar-refractivity contribution >= 4 is 21.7 Å². The minimum Gasteiger partial charge on any atom is -0.469 e. The van der Waals surface area contributed by atoms with Gasteiger partial charge in [-0.1, -0.05) is 12.1 Å². The summed E-state index contributed by atoms with van der Waals surface area (Å²) >= 11 is 0. The van der Waals surface area contributed by atoms with E-state index >= 15 is 0 Å². The average Bonchev–Trinajstić information content (AvgIpc) is 2.38. The molecule has 5 nitrogen and oxygen atoms in total. The van der Waals surface area contributed by atoms with Crippen LogP contribution in [0.15, 0.2) is 24.3 Å². The van der Waals surface area contributed by atoms with Gasteiger partial charge in [-0.15, -0.1) is 0 Å². The topological polar surface area (TPSA) is 63.7 Å². The summed E-state index contributed by atoms with van der Waals surface area (Å²) in [5.74, 6) is -0.456. The molecule has 0 N–H and O–H groups in total. The molecule has 0 radical (unpaired) electrons. The van der Waals surface area contributed by atoms with E-state index in [-0.39, 0.29) is 24.6 Å². The molecule has 0 saturated carbocycles. The first-order chi connectivity index (χ1) is 9.40. The molecule has 0 atom stereocenters. The molecule has 1 aromatic rings. The van der Waals surface area contributed by atoms with E-state index in [1.54, 1.807) is 13.0 Å². The summed E-state index contributed by atoms with van der Waals surface area (Å²) in [7, 11) is -2.13. The molecule has 1 aromatic carbocycles. The van der Waals surface area contributed by atoms with Crippen molar-refractivity contribution in [2.45, 2.75) is 26.7 Å². The minimum absolute atomic E-state index is 0.0656. The largest absolute Gasteiger partial charge is 0.469 e. The van der Waals surface area contributed by atoms with E-state index in [4.69, 9.17) is 0 Å². The van der Waals surface area contributed by atoms with Crippen LogP contribution in [-0.4, -0.2) is 33.8 Å². The van der Waals surface area contributed by atoms with Gasteiger partial charge in [0.25, 0.3) is 0 Å². The third-order valence-corrected chi connectivity index (χ3v) is 4.87. The maximum atomic E-state index is 12.3. The van der Waals surface area contributed by atoms with Crippen molar-refractivity contribution in [3.8, 4) is 0 Å². The lowest BCUT2D eigenvalue weighted by Crippen LogP contribution is -2.33. The van der Waals surface area contributed by atoms with Crippen LogP contribution in [0.2, 0.25) is 0 Å². The molecule has 0 aliphatic heterocycles. The van der Waals surface area contributed by atoms with Crippen molar-refractivity contribution in [3.05, 3.63) is 29.8 Å². The van der Waals surface area contributed by atoms with Crippen LogP contribution in [0.3, 0.4) is 0 Å². The highest BCUT2D eigenvalue weighted by molar-refractivity contribution is 7.92. The van der Waals surface area contributed by atoms with Gasteiger partial charge in [-0.3, -0.25) is 9.10 Å². The third kappa shape index (κ3) is 4.52. The van der Waals surface area contributed by atoms with Crippen LogP contribution in [0.4, 0.5) is 5.69 Å². The van der Waals surface area contributed by atoms with E-state index in [0.717, 1.165) is 5.56 Å². The fourth-order valence-electron chi connectivity index (χ4n) is 1.93. The van der Waals surface area contributed by atoms with E-state index in [2.05, 4.69) is 4.74 Å². The second-order valence-corrected chi connectivity index (χ2v) is 6.51. The fraction of sp³-hybridized carbons (Fsp3) is 0.500. The molecule has 0 aliphatic carbocycles. The van der Waals surface area contributed by atoms with Crippen LogP contribution >= 0.6 is 0 Å². The number of sulfonamides is 1. The Labute approximate surface area is 120 Å². The summed E-state index contributed by atoms with van der Waals surface area (Å²) in [6.07, 6.45) is 0.373. The number of carbonyl (C=O) groups is 1. The number of methoxy groups -OCH3 is 1. The van der Waals surface area contributed by atoms with Crippen LogP contribution in [0, 0.1) is 6.92 Å². The summed E-state index contributed by atoms with van der Waals surface area (Å²) < 4.78 is 30.5. The molecule has 112 valence electrons. The van der Waals surface area contributed by atoms with Crippen molar-refractivity contribution < 1.29 is 17.9 Å². The van der Waals surface area contributed by atoms with Crippen LogP contribution < -0.4 is 4.31 Å². The highest BCUT2D eigenvalue weighted by Gasteiger charge is 2.21. The number of hydrogen-bond acceptors (Lipinski definition) is 4. The van der Waals surface area contributed by atoms with Crippen LogP contribution in [0.1, 0.15) is 25.3 Å². The van der Waals surface area contributed by atoms with Crippen molar-refractivity contribution in [1.29, 1.82) is 0 Å². The number of hydrogen-bond donors (Lipinski definition) is 0. The van der Waals surface area contributed by atoms with Crippen molar-refractivity contribution in [2.24, 2.45) is 0 Å². The molecule has 6 heteroatoms. The molecule has 0 spiro atoms. The molecule has 20 heavy (non-hydrogen) atoms. The summed E-state index contributed by atoms with van der Waals surface area (Å²) in [4.78, 5) is 11.0. The second kappa shape index (κ2) is 7.28. The number of nitrogens with zero attached hydrogens (tertiary/aromatic N) is 1. The van der Waals surface area contributed by atoms with Gasteiger partial charge in [0.1, 0.15) is 0 Å². The molecule has 0 heterocycles. The van der Waals surface area contributed by atoms with E-state index in [9.17, 15) is 13.2 Å². The first kappa shape index (κ1) is 16.5. The lowest BCUT2D eigenvalue weighted by Gasteiger charge is -2.23. The van der Waals surface area contributed by atoms with Crippen molar-refractivity contribution in [3.63, 3.8) is 0 Å². The maximum Gasteiger partial charge on any atom is 0.305 e. The standard InChI is InChI=1S/C14H21NO4S/c1-4-15(13-8-5-7-12(2)11-13)20(17,18)10-6-9-14(16)19-3/h5,7-8,11H,4,6,9-10H2,1-3H3. The van der Waals surface area contributed by atoms with E-state index in [1.807, 2.05) is 25.1 Å². The molecule has 0 aromatic heterocycles. The Balaban J connectivity index is 2.80. The van der Waals surface area contributed by atoms with Crippen LogP contribution in [0.5, 0.6) is 0 Å². The zero-order chi connectivity index (χ0) is 15.2. The number of ether oxygens (including phenoxy) is 1. The molecule has 0 bridgehead atoms. The van der Waals surface area contributed by atoms with Crippen molar-refractivity contribution in [1.82, 2.24) is 0 Å². The van der Waals surface area contributed by atoms with Gasteiger partial charge in [-0.2, -0.15) is 0 Å². The zero-order valence-corrected chi connectivity index (χ0v) is 12.9. The SMILES string of the molecule is CCN(c1cccc(C)c1)S(=O)(=O)CCCC(=O)OC. The predicted octanol–water partition coefficient (Wildman–Crippen LogP) is 2.10. The second-order valence-electron chi connectivity index (χ2n) is 4.50. The summed E-state index contributed by atoms with van der Waals surface area (Å²) in [6.45, 7) is 4.07. The van der Waals surface area contributed by atoms with Gasteiger partial charge in [0.15, 0.2) is 0 Å². The van der Waals surface area contributed by atoms with Gasteiger partial charge in [0, 0.05) is 13.0 Å². The normalized spacial score (nSPS) is 11.2. The zero-order valence-electron chi connectivity index (χ0n) is 12.1. The lowest BCUT2D eigenvalue weighted by molar-refractivity contribution is -0.140. The molecule has 0 aliphatic rings. The summed E-state index contributed by atoms with van der Waals surface area (Å²) in [5, 5.41) is 0. The monoisotopic (exact) mass is 299 g/mol. The number of rotatable bonds is 7. The fourth-order valence-corrected chi connectivity index (χ4v) is 3.49. The molecule has 1 rings (SSSR count). The summed E-state index contributed by atoms with van der Waals surface area (Å²) in [6, 6.07) is 7.36. The van der Waals surface area contributed by atoms with E-state index in [1.165, 1.54) is 11.4 Å². The summed E-state index contributed by atoms with van der Waals surface area (Å²) in [5.41, 5.74) is 1.66. The van der Waals surface area contributed by atoms with E-state index in [0.29, 0.717) is 12.2 Å². The van der Waals surface area contributed by atoms with Crippen molar-refractivity contribution in [2.75, 3.05) is 23.7 Å². The Morgan fingerprint density at radius 2 is 2.05 bits per heavy atom. The Hall–Kier alpha value is -1.56. The molecule has 0 amide bonds. The molecule has 0 saturated heterocycles. The molecular weight excluding hydrogens is 278 g/mol. The molecule has 0 unspecified atom stereocenters. The number of carbonyl (C=O) groups excluding carboxylic acids is 1. The first-order valence-electron chi connectivity index (χ1n) is 6.54. The van der Waals surface area contributed by atoms with Crippen LogP contribution in [0.25, 0.3) is 0 Å². The Kier molecular flexibility index (Phi) is 6.01. The van der Waals surface area contributed by atoms with Gasteiger partial charge in [-0.25, -0.2) is 8.42 Å². The number of anilines is 1. The number of benzene rings is 1. The van der Waals surface area contributed by atoms with Gasteiger partial charge < -0.3 is 4.74 Å². The van der Waals surface area contributed by atoms with Gasteiger partial charge in [-0.05, 0) is 38.0 Å². The Morgan fingerprint density at radius 1 is 1.35 bits per heavy atom. The van der Waals surface area contributed by atoms with Gasteiger partial charge >= 0.3 is 5.97 Å². The highest BCUT2D eigenvalue weighted by atomic mass is 32.2. The average molecular weight is 299 g/mol. The van der Waals surface area contributed by atoms with Gasteiger partial charge in [0.05, 0.1) is 18.6 Å². The number of aryl methyl sites for hydroxylation is 1. The number of esters is 1. The predicted molar refractivity (Wildman–Crippen MR) is 79.2 cm³/mol. The molecular formula is C14H21NO4S. The van der Waals surface area contributed by atoms with E-state index < -0.39 is 10.0 Å². The highest BCUT2D eigenvalue weighted by Crippen LogP contribution is 2.20. The maximum absolute atomic E-state index is 12.3. The van der Waals surface area contributed by atoms with Crippen LogP contribution in [-0.2, 0) is 19.6 Å². The Bertz CT molecular complexity index is 554.